The first kappa shape index (κ1) is 12.5. The van der Waals surface area contributed by atoms with Gasteiger partial charge in [0.2, 0.25) is 5.95 Å². The van der Waals surface area contributed by atoms with Gasteiger partial charge in [-0.15, -0.1) is 0 Å². The summed E-state index contributed by atoms with van der Waals surface area (Å²) in [7, 11) is 0. The lowest BCUT2D eigenvalue weighted by Crippen LogP contribution is -2.37. The predicted octanol–water partition coefficient (Wildman–Crippen LogP) is 0.861. The molecule has 0 bridgehead atoms. The molecule has 88 valence electrons. The summed E-state index contributed by atoms with van der Waals surface area (Å²) < 4.78 is 25.9. The number of rotatable bonds is 4. The Hall–Kier alpha value is -1.56. The Kier molecular flexibility index (Phi) is 4.30. The minimum atomic E-state index is -1.32. The molecule has 1 aromatic heterocycles. The van der Waals surface area contributed by atoms with E-state index < -0.39 is 29.3 Å². The zero-order valence-electron chi connectivity index (χ0n) is 8.70. The van der Waals surface area contributed by atoms with E-state index in [0.29, 0.717) is 6.42 Å². The van der Waals surface area contributed by atoms with E-state index >= 15 is 0 Å². The van der Waals surface area contributed by atoms with Gasteiger partial charge in [0.15, 0.2) is 5.82 Å². The molecule has 1 heterocycles. The Balaban J connectivity index is 2.84. The van der Waals surface area contributed by atoms with Gasteiger partial charge in [-0.2, -0.15) is 4.39 Å². The smallest absolute Gasteiger partial charge is 0.254 e. The third-order valence-electron chi connectivity index (χ3n) is 2.14. The Labute approximate surface area is 91.3 Å². The van der Waals surface area contributed by atoms with Crippen LogP contribution in [-0.2, 0) is 0 Å². The third kappa shape index (κ3) is 2.73. The van der Waals surface area contributed by atoms with Crippen molar-refractivity contribution < 1.29 is 18.7 Å². The van der Waals surface area contributed by atoms with Gasteiger partial charge in [0.05, 0.1) is 18.2 Å². The number of pyridine rings is 1. The monoisotopic (exact) mass is 230 g/mol. The van der Waals surface area contributed by atoms with Crippen LogP contribution >= 0.6 is 0 Å². The van der Waals surface area contributed by atoms with E-state index in [0.717, 1.165) is 12.3 Å². The van der Waals surface area contributed by atoms with E-state index in [2.05, 4.69) is 10.3 Å². The summed E-state index contributed by atoms with van der Waals surface area (Å²) in [5, 5.41) is 11.2. The molecule has 0 saturated heterocycles. The van der Waals surface area contributed by atoms with Gasteiger partial charge < -0.3 is 10.4 Å². The molecule has 1 atom stereocenters. The summed E-state index contributed by atoms with van der Waals surface area (Å²) in [5.74, 6) is -3.36. The summed E-state index contributed by atoms with van der Waals surface area (Å²) in [4.78, 5) is 14.6. The van der Waals surface area contributed by atoms with Crippen LogP contribution in [0.5, 0.6) is 0 Å². The van der Waals surface area contributed by atoms with Crippen LogP contribution < -0.4 is 5.32 Å². The van der Waals surface area contributed by atoms with Crippen molar-refractivity contribution in [3.8, 4) is 0 Å². The van der Waals surface area contributed by atoms with Crippen LogP contribution in [0, 0.1) is 11.8 Å². The SMILES string of the molecule is CCC(CO)NC(=O)c1ccnc(F)c1F. The predicted molar refractivity (Wildman–Crippen MR) is 52.8 cm³/mol. The molecular formula is C10H12F2N2O2. The van der Waals surface area contributed by atoms with Crippen molar-refractivity contribution >= 4 is 5.91 Å². The summed E-state index contributed by atoms with van der Waals surface area (Å²) in [5.41, 5.74) is -0.417. The largest absolute Gasteiger partial charge is 0.394 e. The molecule has 0 radical (unpaired) electrons. The molecule has 0 saturated carbocycles. The fourth-order valence-electron chi connectivity index (χ4n) is 1.13. The third-order valence-corrected chi connectivity index (χ3v) is 2.14. The minimum Gasteiger partial charge on any atom is -0.394 e. The highest BCUT2D eigenvalue weighted by Crippen LogP contribution is 2.09. The summed E-state index contributed by atoms with van der Waals surface area (Å²) in [6.45, 7) is 1.50. The second-order valence-electron chi connectivity index (χ2n) is 3.22. The number of hydrogen-bond donors (Lipinski definition) is 2. The molecule has 0 fully saturated rings. The van der Waals surface area contributed by atoms with Gasteiger partial charge in [-0.05, 0) is 12.5 Å². The standard InChI is InChI=1S/C10H12F2N2O2/c1-2-6(5-15)14-10(16)7-3-4-13-9(12)8(7)11/h3-4,6,15H,2,5H2,1H3,(H,14,16). The second kappa shape index (κ2) is 5.50. The number of nitrogens with zero attached hydrogens (tertiary/aromatic N) is 1. The quantitative estimate of drug-likeness (QED) is 0.754. The number of nitrogens with one attached hydrogen (secondary N) is 1. The maximum atomic E-state index is 13.1. The number of hydrogen-bond acceptors (Lipinski definition) is 3. The second-order valence-corrected chi connectivity index (χ2v) is 3.22. The molecule has 1 unspecified atom stereocenters. The summed E-state index contributed by atoms with van der Waals surface area (Å²) in [6, 6.07) is 0.612. The fraction of sp³-hybridized carbons (Fsp3) is 0.400. The highest BCUT2D eigenvalue weighted by molar-refractivity contribution is 5.94. The van der Waals surface area contributed by atoms with Crippen LogP contribution in [0.25, 0.3) is 0 Å². The number of halogens is 2. The van der Waals surface area contributed by atoms with E-state index in [-0.39, 0.29) is 6.61 Å². The molecule has 0 aromatic carbocycles. The number of aliphatic hydroxyl groups is 1. The van der Waals surface area contributed by atoms with Crippen molar-refractivity contribution in [2.24, 2.45) is 0 Å². The lowest BCUT2D eigenvalue weighted by Gasteiger charge is -2.14. The lowest BCUT2D eigenvalue weighted by atomic mass is 10.2. The molecule has 0 spiro atoms. The molecule has 2 N–H and O–H groups in total. The van der Waals surface area contributed by atoms with Crippen molar-refractivity contribution in [1.29, 1.82) is 0 Å². The van der Waals surface area contributed by atoms with Crippen LogP contribution in [0.3, 0.4) is 0 Å². The van der Waals surface area contributed by atoms with E-state index in [1.807, 2.05) is 0 Å². The molecular weight excluding hydrogens is 218 g/mol. The molecule has 1 amide bonds. The van der Waals surface area contributed by atoms with Crippen LogP contribution in [0.1, 0.15) is 23.7 Å². The maximum absolute atomic E-state index is 13.1. The number of carbonyl (C=O) groups is 1. The first-order valence-electron chi connectivity index (χ1n) is 4.81. The average Bonchev–Trinajstić information content (AvgIpc) is 2.29. The molecule has 1 rings (SSSR count). The average molecular weight is 230 g/mol. The van der Waals surface area contributed by atoms with Gasteiger partial charge in [-0.25, -0.2) is 9.37 Å². The fourth-order valence-corrected chi connectivity index (χ4v) is 1.13. The van der Waals surface area contributed by atoms with Crippen LogP contribution in [-0.4, -0.2) is 28.6 Å². The summed E-state index contributed by atoms with van der Waals surface area (Å²) in [6.07, 6.45) is 1.50. The van der Waals surface area contributed by atoms with E-state index in [9.17, 15) is 13.6 Å². The van der Waals surface area contributed by atoms with Crippen LogP contribution in [0.15, 0.2) is 12.3 Å². The zero-order chi connectivity index (χ0) is 12.1. The van der Waals surface area contributed by atoms with Gasteiger partial charge in [0.1, 0.15) is 0 Å². The molecule has 4 nitrogen and oxygen atoms in total. The topological polar surface area (TPSA) is 62.2 Å². The van der Waals surface area contributed by atoms with Crippen molar-refractivity contribution in [3.05, 3.63) is 29.6 Å². The van der Waals surface area contributed by atoms with Gasteiger partial charge in [-0.3, -0.25) is 4.79 Å². The van der Waals surface area contributed by atoms with Crippen LogP contribution in [0.4, 0.5) is 8.78 Å². The van der Waals surface area contributed by atoms with Crippen molar-refractivity contribution in [3.63, 3.8) is 0 Å². The zero-order valence-corrected chi connectivity index (χ0v) is 8.70. The first-order valence-corrected chi connectivity index (χ1v) is 4.81. The Morgan fingerprint density at radius 3 is 2.88 bits per heavy atom. The minimum absolute atomic E-state index is 0.253. The molecule has 0 aliphatic heterocycles. The normalized spacial score (nSPS) is 12.2. The molecule has 1 aromatic rings. The molecule has 0 aliphatic rings. The number of amides is 1. The number of aliphatic hydroxyl groups excluding tert-OH is 1. The maximum Gasteiger partial charge on any atom is 0.254 e. The van der Waals surface area contributed by atoms with Gasteiger partial charge in [-0.1, -0.05) is 6.92 Å². The van der Waals surface area contributed by atoms with Gasteiger partial charge in [0, 0.05) is 6.20 Å². The van der Waals surface area contributed by atoms with Crippen molar-refractivity contribution in [1.82, 2.24) is 10.3 Å². The molecule has 16 heavy (non-hydrogen) atoms. The number of carbonyl (C=O) groups excluding carboxylic acids is 1. The Morgan fingerprint density at radius 1 is 1.62 bits per heavy atom. The number of aromatic nitrogens is 1. The lowest BCUT2D eigenvalue weighted by molar-refractivity contribution is 0.0909. The Morgan fingerprint density at radius 2 is 2.31 bits per heavy atom. The highest BCUT2D eigenvalue weighted by atomic mass is 19.2. The van der Waals surface area contributed by atoms with E-state index in [4.69, 9.17) is 5.11 Å². The van der Waals surface area contributed by atoms with E-state index in [1.54, 1.807) is 6.92 Å². The van der Waals surface area contributed by atoms with Gasteiger partial charge >= 0.3 is 0 Å². The molecule has 6 heteroatoms. The van der Waals surface area contributed by atoms with Gasteiger partial charge in [0.25, 0.3) is 5.91 Å². The molecule has 0 aliphatic carbocycles. The Bertz CT molecular complexity index is 381. The summed E-state index contributed by atoms with van der Waals surface area (Å²) >= 11 is 0. The van der Waals surface area contributed by atoms with E-state index in [1.165, 1.54) is 0 Å². The highest BCUT2D eigenvalue weighted by Gasteiger charge is 2.18. The van der Waals surface area contributed by atoms with Crippen molar-refractivity contribution in [2.45, 2.75) is 19.4 Å². The van der Waals surface area contributed by atoms with Crippen LogP contribution in [0.2, 0.25) is 0 Å². The van der Waals surface area contributed by atoms with Crippen molar-refractivity contribution in [2.75, 3.05) is 6.61 Å². The first-order chi connectivity index (χ1) is 7.60.